The minimum absolute atomic E-state index is 0.0710. The van der Waals surface area contributed by atoms with Gasteiger partial charge in [0, 0.05) is 38.9 Å². The van der Waals surface area contributed by atoms with Gasteiger partial charge in [-0.05, 0) is 36.8 Å². The normalized spacial score (nSPS) is 16.6. The van der Waals surface area contributed by atoms with Crippen LogP contribution in [-0.2, 0) is 0 Å². The third kappa shape index (κ3) is 2.65. The van der Waals surface area contributed by atoms with Gasteiger partial charge in [0.2, 0.25) is 0 Å². The van der Waals surface area contributed by atoms with Crippen molar-refractivity contribution in [2.75, 3.05) is 5.32 Å². The minimum atomic E-state index is -0.211. The number of carbonyl (C=O) groups is 1. The number of nitrogens with one attached hydrogen (secondary N) is 1. The Balaban J connectivity index is 1.64. The lowest BCUT2D eigenvalue weighted by molar-refractivity contribution is 0.103. The van der Waals surface area contributed by atoms with E-state index >= 15 is 0 Å². The first-order valence-electron chi connectivity index (χ1n) is 10.0. The van der Waals surface area contributed by atoms with Crippen LogP contribution in [0.15, 0.2) is 83.0 Å². The second-order valence-corrected chi connectivity index (χ2v) is 8.64. The number of aromatic nitrogens is 3. The summed E-state index contributed by atoms with van der Waals surface area (Å²) in [7, 11) is 0. The summed E-state index contributed by atoms with van der Waals surface area (Å²) in [6.07, 6.45) is 1.76. The van der Waals surface area contributed by atoms with Crippen molar-refractivity contribution < 1.29 is 4.79 Å². The minimum Gasteiger partial charge on any atom is -0.339 e. The van der Waals surface area contributed by atoms with Crippen LogP contribution < -0.4 is 5.32 Å². The molecule has 1 aliphatic heterocycles. The van der Waals surface area contributed by atoms with E-state index in [2.05, 4.69) is 38.4 Å². The van der Waals surface area contributed by atoms with E-state index in [1.807, 2.05) is 66.2 Å². The second kappa shape index (κ2) is 6.75. The molecule has 1 atom stereocenters. The number of anilines is 1. The number of rotatable bonds is 2. The van der Waals surface area contributed by atoms with Crippen molar-refractivity contribution in [3.63, 3.8) is 0 Å². The number of carbonyl (C=O) groups excluding carboxylic acids is 1. The molecule has 0 unspecified atom stereocenters. The van der Waals surface area contributed by atoms with Crippen LogP contribution in [0.5, 0.6) is 0 Å². The van der Waals surface area contributed by atoms with Crippen LogP contribution >= 0.6 is 15.9 Å². The summed E-state index contributed by atoms with van der Waals surface area (Å²) in [6.45, 7) is 1.99. The summed E-state index contributed by atoms with van der Waals surface area (Å²) in [5, 5.41) is 8.36. The Kier molecular flexibility index (Phi) is 3.98. The maximum Gasteiger partial charge on any atom is 0.192 e. The fraction of sp³-hybridized carbons (Fsp3) is 0.0800. The summed E-state index contributed by atoms with van der Waals surface area (Å²) in [5.41, 5.74) is 6.24. The number of Topliss-reactive ketones (excluding diaryl/α,β-unsaturated/α-hetero) is 1. The molecule has 0 radical (unpaired) electrons. The number of hydrogen-bond donors (Lipinski definition) is 1. The highest BCUT2D eigenvalue weighted by atomic mass is 79.9. The van der Waals surface area contributed by atoms with Crippen molar-refractivity contribution in [1.29, 1.82) is 0 Å². The summed E-state index contributed by atoms with van der Waals surface area (Å²) in [5.74, 6) is 1.45. The monoisotopic (exact) mass is 468 g/mol. The molecule has 3 heterocycles. The number of pyridine rings is 1. The SMILES string of the molecule is Cc1nn(-c2ccccn2)c2c1[C@H](c1ccc(Br)cc1)C1=C(N2)c2ccccc2C1=O. The first-order chi connectivity index (χ1) is 15.1. The first-order valence-corrected chi connectivity index (χ1v) is 10.8. The Hall–Kier alpha value is -3.51. The van der Waals surface area contributed by atoms with Crippen molar-refractivity contribution >= 4 is 33.2 Å². The molecule has 0 fully saturated rings. The van der Waals surface area contributed by atoms with Crippen LogP contribution in [0, 0.1) is 6.92 Å². The molecule has 2 aliphatic rings. The highest BCUT2D eigenvalue weighted by molar-refractivity contribution is 9.10. The van der Waals surface area contributed by atoms with Gasteiger partial charge in [0.1, 0.15) is 5.82 Å². The fourth-order valence-corrected chi connectivity index (χ4v) is 4.88. The number of ketones is 1. The van der Waals surface area contributed by atoms with E-state index in [0.29, 0.717) is 0 Å². The zero-order valence-electron chi connectivity index (χ0n) is 16.6. The number of benzene rings is 2. The number of hydrogen-bond acceptors (Lipinski definition) is 4. The number of fused-ring (bicyclic) bond motifs is 3. The number of nitrogens with zero attached hydrogens (tertiary/aromatic N) is 3. The van der Waals surface area contributed by atoms with E-state index in [0.717, 1.165) is 55.3 Å². The molecule has 4 aromatic rings. The van der Waals surface area contributed by atoms with Gasteiger partial charge in [-0.3, -0.25) is 4.79 Å². The summed E-state index contributed by atoms with van der Waals surface area (Å²) in [6, 6.07) is 21.7. The van der Waals surface area contributed by atoms with Crippen LogP contribution in [0.4, 0.5) is 5.82 Å². The van der Waals surface area contributed by atoms with E-state index in [-0.39, 0.29) is 11.7 Å². The fourth-order valence-electron chi connectivity index (χ4n) is 4.61. The van der Waals surface area contributed by atoms with Gasteiger partial charge in [-0.15, -0.1) is 0 Å². The molecule has 6 rings (SSSR count). The lowest BCUT2D eigenvalue weighted by atomic mass is 9.81. The molecule has 31 heavy (non-hydrogen) atoms. The van der Waals surface area contributed by atoms with Crippen LogP contribution in [0.2, 0.25) is 0 Å². The molecule has 1 aliphatic carbocycles. The molecule has 1 N–H and O–H groups in total. The standard InChI is InChI=1S/C25H17BrN4O/c1-14-20-21(15-9-11-16(26)12-10-15)22-23(17-6-2-3-7-18(17)24(22)31)28-25(20)30(29-14)19-8-4-5-13-27-19/h2-13,21,28H,1H3/t21-/m0/s1. The van der Waals surface area contributed by atoms with E-state index in [4.69, 9.17) is 5.10 Å². The number of aryl methyl sites for hydroxylation is 1. The van der Waals surface area contributed by atoms with Gasteiger partial charge in [0.05, 0.1) is 11.4 Å². The average molecular weight is 469 g/mol. The molecule has 2 aromatic heterocycles. The van der Waals surface area contributed by atoms with Gasteiger partial charge >= 0.3 is 0 Å². The molecule has 150 valence electrons. The van der Waals surface area contributed by atoms with E-state index < -0.39 is 0 Å². The Labute approximate surface area is 187 Å². The lowest BCUT2D eigenvalue weighted by Crippen LogP contribution is -2.20. The first kappa shape index (κ1) is 18.3. The van der Waals surface area contributed by atoms with Gasteiger partial charge in [0.25, 0.3) is 0 Å². The molecule has 6 heteroatoms. The molecule has 2 aromatic carbocycles. The predicted octanol–water partition coefficient (Wildman–Crippen LogP) is 5.50. The quantitative estimate of drug-likeness (QED) is 0.421. The van der Waals surface area contributed by atoms with Gasteiger partial charge < -0.3 is 5.32 Å². The Bertz CT molecular complexity index is 1390. The van der Waals surface area contributed by atoms with Crippen molar-refractivity contribution in [3.8, 4) is 5.82 Å². The highest BCUT2D eigenvalue weighted by Gasteiger charge is 2.42. The van der Waals surface area contributed by atoms with Crippen molar-refractivity contribution in [1.82, 2.24) is 14.8 Å². The second-order valence-electron chi connectivity index (χ2n) is 7.72. The molecule has 0 spiro atoms. The molecule has 0 saturated heterocycles. The van der Waals surface area contributed by atoms with Crippen molar-refractivity contribution in [2.24, 2.45) is 0 Å². The van der Waals surface area contributed by atoms with E-state index in [1.54, 1.807) is 6.20 Å². The maximum atomic E-state index is 13.5. The van der Waals surface area contributed by atoms with Gasteiger partial charge in [-0.2, -0.15) is 9.78 Å². The predicted molar refractivity (Wildman–Crippen MR) is 123 cm³/mol. The number of allylic oxidation sites excluding steroid dienone is 1. The van der Waals surface area contributed by atoms with Gasteiger partial charge in [-0.25, -0.2) is 4.98 Å². The zero-order valence-corrected chi connectivity index (χ0v) is 18.2. The van der Waals surface area contributed by atoms with E-state index in [1.165, 1.54) is 0 Å². The number of halogens is 1. The molecule has 5 nitrogen and oxygen atoms in total. The summed E-state index contributed by atoms with van der Waals surface area (Å²) < 4.78 is 2.84. The third-order valence-corrected chi connectivity index (χ3v) is 6.48. The largest absolute Gasteiger partial charge is 0.339 e. The van der Waals surface area contributed by atoms with Crippen LogP contribution in [0.1, 0.15) is 38.7 Å². The molecular formula is C25H17BrN4O. The molecule has 0 amide bonds. The Morgan fingerprint density at radius 2 is 1.71 bits per heavy atom. The van der Waals surface area contributed by atoms with Crippen LogP contribution in [-0.4, -0.2) is 20.5 Å². The average Bonchev–Trinajstić information content (AvgIpc) is 3.29. The van der Waals surface area contributed by atoms with Crippen LogP contribution in [0.25, 0.3) is 11.5 Å². The molecular weight excluding hydrogens is 452 g/mol. The topological polar surface area (TPSA) is 59.8 Å². The van der Waals surface area contributed by atoms with Crippen molar-refractivity contribution in [3.05, 3.63) is 111 Å². The summed E-state index contributed by atoms with van der Waals surface area (Å²) in [4.78, 5) is 18.0. The summed E-state index contributed by atoms with van der Waals surface area (Å²) >= 11 is 3.53. The maximum absolute atomic E-state index is 13.5. The van der Waals surface area contributed by atoms with E-state index in [9.17, 15) is 4.79 Å². The van der Waals surface area contributed by atoms with Gasteiger partial charge in [-0.1, -0.05) is 58.4 Å². The molecule has 0 saturated carbocycles. The van der Waals surface area contributed by atoms with Crippen LogP contribution in [0.3, 0.4) is 0 Å². The zero-order chi connectivity index (χ0) is 21.1. The lowest BCUT2D eigenvalue weighted by Gasteiger charge is -2.27. The van der Waals surface area contributed by atoms with Crippen molar-refractivity contribution in [2.45, 2.75) is 12.8 Å². The Morgan fingerprint density at radius 3 is 2.45 bits per heavy atom. The molecule has 0 bridgehead atoms. The smallest absolute Gasteiger partial charge is 0.192 e. The third-order valence-electron chi connectivity index (χ3n) is 5.95. The van der Waals surface area contributed by atoms with Gasteiger partial charge in [0.15, 0.2) is 11.6 Å². The highest BCUT2D eigenvalue weighted by Crippen LogP contribution is 2.50. The Morgan fingerprint density at radius 1 is 0.968 bits per heavy atom.